The quantitative estimate of drug-likeness (QED) is 0.0521. The van der Waals surface area contributed by atoms with E-state index in [-0.39, 0.29) is 35.4 Å². The maximum Gasteiger partial charge on any atom is 0.328 e. The number of carbonyl (C=O) groups excluding carboxylic acids is 1. The molecule has 0 bridgehead atoms. The lowest BCUT2D eigenvalue weighted by Gasteiger charge is -2.15. The van der Waals surface area contributed by atoms with Crippen LogP contribution >= 0.6 is 0 Å². The van der Waals surface area contributed by atoms with Crippen LogP contribution in [0.15, 0.2) is 89.4 Å². The van der Waals surface area contributed by atoms with Crippen molar-refractivity contribution in [2.24, 2.45) is 0 Å². The fourth-order valence-corrected chi connectivity index (χ4v) is 7.09. The zero-order chi connectivity index (χ0) is 49.8. The number of nitriles is 1. The number of allylic oxidation sites excluding steroid dienone is 1. The highest BCUT2D eigenvalue weighted by Gasteiger charge is 2.21. The number of carbonyl (C=O) groups is 1. The normalized spacial score (nSPS) is 12.3. The molecule has 0 atom stereocenters. The summed E-state index contributed by atoms with van der Waals surface area (Å²) < 4.78 is 28.2. The molecule has 0 aliphatic carbocycles. The van der Waals surface area contributed by atoms with E-state index in [2.05, 4.69) is 29.9 Å². The van der Waals surface area contributed by atoms with Crippen LogP contribution in [-0.2, 0) is 9.47 Å². The lowest BCUT2D eigenvalue weighted by molar-refractivity contribution is -0.0442. The van der Waals surface area contributed by atoms with Crippen LogP contribution in [0.25, 0.3) is 6.08 Å². The van der Waals surface area contributed by atoms with E-state index in [1.165, 1.54) is 6.08 Å². The molecule has 1 saturated heterocycles. The van der Waals surface area contributed by atoms with E-state index >= 15 is 0 Å². The van der Waals surface area contributed by atoms with Crippen LogP contribution in [0.5, 0.6) is 34.9 Å². The third-order valence-electron chi connectivity index (χ3n) is 9.82. The van der Waals surface area contributed by atoms with Crippen LogP contribution in [-0.4, -0.2) is 49.4 Å². The van der Waals surface area contributed by atoms with E-state index in [4.69, 9.17) is 28.9 Å². The van der Waals surface area contributed by atoms with Gasteiger partial charge in [0.2, 0.25) is 17.6 Å². The summed E-state index contributed by atoms with van der Waals surface area (Å²) in [5.74, 6) is 1.41. The Hall–Kier alpha value is -8.08. The highest BCUT2D eigenvalue weighted by molar-refractivity contribution is 5.76. The monoisotopic (exact) mass is 931 g/mol. The molecule has 6 N–H and O–H groups in total. The van der Waals surface area contributed by atoms with Crippen LogP contribution in [0.3, 0.4) is 0 Å². The second kappa shape index (κ2) is 22.9. The topological polar surface area (TPSA) is 284 Å². The van der Waals surface area contributed by atoms with Gasteiger partial charge in [0.15, 0.2) is 6.29 Å². The molecule has 19 nitrogen and oxygen atoms in total. The van der Waals surface area contributed by atoms with E-state index in [1.807, 2.05) is 86.6 Å². The maximum absolute atomic E-state index is 12.0. The van der Waals surface area contributed by atoms with Crippen LogP contribution in [0.2, 0.25) is 0 Å². The molecule has 6 aromatic rings. The molecule has 68 heavy (non-hydrogen) atoms. The molecule has 3 aromatic carbocycles. The average molecular weight is 932 g/mol. The van der Waals surface area contributed by atoms with E-state index in [0.717, 1.165) is 27.8 Å². The zero-order valence-electron chi connectivity index (χ0n) is 39.0. The fourth-order valence-electron chi connectivity index (χ4n) is 7.09. The molecule has 0 saturated carbocycles. The molecule has 0 unspecified atom stereocenters. The van der Waals surface area contributed by atoms with Gasteiger partial charge in [0.05, 0.1) is 36.0 Å². The smallest absolute Gasteiger partial charge is 0.328 e. The van der Waals surface area contributed by atoms with E-state index in [9.17, 15) is 33.6 Å². The molecule has 356 valence electrons. The van der Waals surface area contributed by atoms with Gasteiger partial charge >= 0.3 is 17.1 Å². The highest BCUT2D eigenvalue weighted by atomic mass is 16.7. The van der Waals surface area contributed by atoms with Crippen molar-refractivity contribution >= 4 is 12.4 Å². The van der Waals surface area contributed by atoms with Crippen molar-refractivity contribution in [1.82, 2.24) is 29.9 Å². The number of nitrogens with zero attached hydrogens (tertiary/aromatic N) is 1. The summed E-state index contributed by atoms with van der Waals surface area (Å²) in [6.45, 7) is 17.8. The summed E-state index contributed by atoms with van der Waals surface area (Å²) in [7, 11) is 0. The van der Waals surface area contributed by atoms with Crippen molar-refractivity contribution in [3.63, 3.8) is 0 Å². The van der Waals surface area contributed by atoms with E-state index < -0.39 is 40.0 Å². The van der Waals surface area contributed by atoms with Crippen LogP contribution < -0.4 is 48.0 Å². The average Bonchev–Trinajstić information content (AvgIpc) is 3.77. The second-order valence-electron chi connectivity index (χ2n) is 16.6. The molecule has 0 spiro atoms. The second-order valence-corrected chi connectivity index (χ2v) is 16.6. The minimum absolute atomic E-state index is 0.0983. The standard InChI is InChI=1S/C17H17N3O3.C17H20N2O5.C15H16N2O4/c1-10(2)14-15(21)19-17(22)20-16(14)23-13-8-11(3)7-12(9-13)5-4-6-18;1-9(2)13-14(20)18-17(21)19-15(13)24-12-7-10(3)6-11(8-12)16-22-4-5-23-16;1-8(2)12-13(19)16-15(20)17-14(12)21-11-5-9(3)4-10(6-11)7-18/h4-5,7-10H,1-3H3,(H2,19,20,21,22);6-9,16H,4-5H2,1-3H3,(H2,18,19,20,21);4-8H,1-3H3,(H2,16,17,19,20)/b5-4+;;. The summed E-state index contributed by atoms with van der Waals surface area (Å²) in [5.41, 5.74) is 2.69. The Balaban J connectivity index is 0.000000191. The van der Waals surface area contributed by atoms with E-state index in [0.29, 0.717) is 59.0 Å². The molecular weight excluding hydrogens is 879 g/mol. The van der Waals surface area contributed by atoms with Gasteiger partial charge < -0.3 is 23.7 Å². The Labute approximate surface area is 388 Å². The first-order valence-electron chi connectivity index (χ1n) is 21.5. The number of benzene rings is 3. The predicted octanol–water partition coefficient (Wildman–Crippen LogP) is 7.26. The number of H-pyrrole nitrogens is 6. The minimum atomic E-state index is -0.636. The molecular formula is C49H53N7O12. The Morgan fingerprint density at radius 2 is 0.912 bits per heavy atom. The van der Waals surface area contributed by atoms with Gasteiger partial charge in [-0.1, -0.05) is 53.7 Å². The molecule has 1 aliphatic rings. The maximum atomic E-state index is 12.0. The molecule has 4 heterocycles. The van der Waals surface area contributed by atoms with Gasteiger partial charge in [-0.3, -0.25) is 49.1 Å². The van der Waals surface area contributed by atoms with Crippen molar-refractivity contribution in [3.8, 4) is 41.0 Å². The Morgan fingerprint density at radius 1 is 0.544 bits per heavy atom. The van der Waals surface area contributed by atoms with Crippen molar-refractivity contribution < 1.29 is 28.5 Å². The largest absolute Gasteiger partial charge is 0.440 e. The number of hydrogen-bond donors (Lipinski definition) is 6. The molecule has 19 heteroatoms. The number of aromatic amines is 6. The van der Waals surface area contributed by atoms with Gasteiger partial charge in [0.25, 0.3) is 16.7 Å². The number of ether oxygens (including phenoxy) is 5. The Kier molecular flexibility index (Phi) is 17.1. The third-order valence-corrected chi connectivity index (χ3v) is 9.82. The number of aryl methyl sites for hydroxylation is 3. The Morgan fingerprint density at radius 3 is 1.29 bits per heavy atom. The van der Waals surface area contributed by atoms with Crippen molar-refractivity contribution in [3.05, 3.63) is 173 Å². The fraction of sp³-hybridized carbons (Fsp3) is 0.306. The van der Waals surface area contributed by atoms with Gasteiger partial charge in [-0.2, -0.15) is 5.26 Å². The molecule has 0 radical (unpaired) electrons. The number of rotatable bonds is 12. The summed E-state index contributed by atoms with van der Waals surface area (Å²) in [6.07, 6.45) is 3.32. The lowest BCUT2D eigenvalue weighted by Crippen LogP contribution is -2.26. The van der Waals surface area contributed by atoms with Crippen LogP contribution in [0, 0.1) is 32.1 Å². The first-order chi connectivity index (χ1) is 32.2. The number of aldehydes is 1. The van der Waals surface area contributed by atoms with Gasteiger partial charge in [0, 0.05) is 17.2 Å². The summed E-state index contributed by atoms with van der Waals surface area (Å²) >= 11 is 0. The van der Waals surface area contributed by atoms with Gasteiger partial charge in [-0.25, -0.2) is 14.4 Å². The minimum Gasteiger partial charge on any atom is -0.440 e. The summed E-state index contributed by atoms with van der Waals surface area (Å²) in [4.78, 5) is 95.4. The molecule has 1 aliphatic heterocycles. The van der Waals surface area contributed by atoms with Crippen molar-refractivity contribution in [2.45, 2.75) is 86.4 Å². The molecule has 7 rings (SSSR count). The third kappa shape index (κ3) is 13.7. The SMILES string of the molecule is Cc1cc(/C=C/C#N)cc(Oc2[nH]c(=O)[nH]c(=O)c2C(C)C)c1.Cc1cc(C=O)cc(Oc2[nH]c(=O)[nH]c(=O)c2C(C)C)c1.Cc1cc(Oc2[nH]c(=O)[nH]c(=O)c2C(C)C)cc(C2OCCO2)c1. The highest BCUT2D eigenvalue weighted by Crippen LogP contribution is 2.32. The van der Waals surface area contributed by atoms with Crippen molar-refractivity contribution in [1.29, 1.82) is 5.26 Å². The predicted molar refractivity (Wildman–Crippen MR) is 254 cm³/mol. The molecule has 1 fully saturated rings. The van der Waals surface area contributed by atoms with Gasteiger partial charge in [0.1, 0.15) is 23.5 Å². The number of nitrogens with one attached hydrogen (secondary N) is 6. The zero-order valence-corrected chi connectivity index (χ0v) is 39.0. The van der Waals surface area contributed by atoms with Crippen LogP contribution in [0.4, 0.5) is 0 Å². The number of aromatic nitrogens is 6. The van der Waals surface area contributed by atoms with Crippen molar-refractivity contribution in [2.75, 3.05) is 13.2 Å². The first kappa shape index (κ1) is 50.9. The first-order valence-corrected chi connectivity index (χ1v) is 21.5. The molecule has 3 aromatic heterocycles. The lowest BCUT2D eigenvalue weighted by atomic mass is 10.1. The molecule has 0 amide bonds. The van der Waals surface area contributed by atoms with E-state index in [1.54, 1.807) is 42.5 Å². The van der Waals surface area contributed by atoms with Gasteiger partial charge in [-0.15, -0.1) is 0 Å². The Bertz CT molecular complexity index is 3210. The van der Waals surface area contributed by atoms with Gasteiger partial charge in [-0.05, 0) is 109 Å². The number of hydrogen-bond acceptors (Lipinski definition) is 13. The summed E-state index contributed by atoms with van der Waals surface area (Å²) in [6, 6.07) is 17.9. The van der Waals surface area contributed by atoms with Crippen LogP contribution in [0.1, 0.15) is 120 Å². The summed E-state index contributed by atoms with van der Waals surface area (Å²) in [5, 5.41) is 8.61.